The third-order valence-electron chi connectivity index (χ3n) is 4.63. The molecule has 0 saturated carbocycles. The quantitative estimate of drug-likeness (QED) is 0.902. The summed E-state index contributed by atoms with van der Waals surface area (Å²) in [5, 5.41) is 8.88. The lowest BCUT2D eigenvalue weighted by atomic mass is 9.89. The van der Waals surface area contributed by atoms with Gasteiger partial charge in [0.1, 0.15) is 5.75 Å². The van der Waals surface area contributed by atoms with Crippen LogP contribution in [-0.4, -0.2) is 42.1 Å². The van der Waals surface area contributed by atoms with Crippen molar-refractivity contribution in [1.82, 2.24) is 4.90 Å². The van der Waals surface area contributed by atoms with Crippen LogP contribution in [0.1, 0.15) is 39.5 Å². The number of methoxy groups -OCH3 is 1. The van der Waals surface area contributed by atoms with Crippen molar-refractivity contribution in [3.8, 4) is 5.75 Å². The number of likely N-dealkylation sites (tertiary alicyclic amines) is 1. The van der Waals surface area contributed by atoms with Gasteiger partial charge in [-0.2, -0.15) is 0 Å². The summed E-state index contributed by atoms with van der Waals surface area (Å²) >= 11 is 0. The Labute approximate surface area is 146 Å². The number of carbonyl (C=O) groups is 2. The van der Waals surface area contributed by atoms with Crippen molar-refractivity contribution in [3.63, 3.8) is 0 Å². The highest BCUT2D eigenvalue weighted by molar-refractivity contribution is 5.93. The van der Waals surface area contributed by atoms with Crippen molar-refractivity contribution >= 4 is 11.9 Å². The minimum atomic E-state index is -1.17. The van der Waals surface area contributed by atoms with Gasteiger partial charge in [-0.25, -0.2) is 4.79 Å². The lowest BCUT2D eigenvalue weighted by Gasteiger charge is -2.31. The standard InChI is InChI=1S/C19H21NO5/c1-24-15-5-3-2-4-14(15)12-13-8-10-20(11-9-13)18(21)16-6-7-17(25-16)19(22)23/h2-7,13H,8-12H2,1H3,(H,22,23). The monoisotopic (exact) mass is 343 g/mol. The molecule has 1 N–H and O–H groups in total. The topological polar surface area (TPSA) is 80.0 Å². The van der Waals surface area contributed by atoms with Crippen LogP contribution >= 0.6 is 0 Å². The predicted octanol–water partition coefficient (Wildman–Crippen LogP) is 3.08. The maximum atomic E-state index is 12.4. The molecule has 6 nitrogen and oxygen atoms in total. The molecule has 2 aromatic rings. The van der Waals surface area contributed by atoms with Gasteiger partial charge in [-0.1, -0.05) is 18.2 Å². The molecule has 0 bridgehead atoms. The number of carboxylic acids is 1. The highest BCUT2D eigenvalue weighted by Gasteiger charge is 2.26. The van der Waals surface area contributed by atoms with Gasteiger partial charge < -0.3 is 19.2 Å². The fourth-order valence-corrected chi connectivity index (χ4v) is 3.25. The van der Waals surface area contributed by atoms with E-state index in [1.54, 1.807) is 12.0 Å². The Bertz CT molecular complexity index is 759. The van der Waals surface area contributed by atoms with Crippen molar-refractivity contribution in [2.45, 2.75) is 19.3 Å². The maximum Gasteiger partial charge on any atom is 0.371 e. The van der Waals surface area contributed by atoms with Crippen molar-refractivity contribution in [3.05, 3.63) is 53.5 Å². The zero-order chi connectivity index (χ0) is 17.8. The first-order chi connectivity index (χ1) is 12.1. The normalized spacial score (nSPS) is 15.2. The van der Waals surface area contributed by atoms with E-state index < -0.39 is 5.97 Å². The largest absolute Gasteiger partial charge is 0.496 e. The molecule has 0 atom stereocenters. The van der Waals surface area contributed by atoms with Gasteiger partial charge in [-0.05, 0) is 48.9 Å². The average Bonchev–Trinajstić information content (AvgIpc) is 3.13. The third-order valence-corrected chi connectivity index (χ3v) is 4.63. The molecule has 2 heterocycles. The van der Waals surface area contributed by atoms with Gasteiger partial charge in [0.25, 0.3) is 5.91 Å². The number of ether oxygens (including phenoxy) is 1. The average molecular weight is 343 g/mol. The van der Waals surface area contributed by atoms with Crippen molar-refractivity contribution < 1.29 is 23.8 Å². The number of carbonyl (C=O) groups excluding carboxylic acids is 1. The second kappa shape index (κ2) is 7.42. The molecule has 0 aliphatic carbocycles. The molecule has 0 radical (unpaired) electrons. The lowest BCUT2D eigenvalue weighted by Crippen LogP contribution is -2.38. The van der Waals surface area contributed by atoms with Gasteiger partial charge >= 0.3 is 5.97 Å². The van der Waals surface area contributed by atoms with Crippen LogP contribution < -0.4 is 4.74 Å². The molecule has 0 spiro atoms. The summed E-state index contributed by atoms with van der Waals surface area (Å²) in [6.07, 6.45) is 2.72. The number of para-hydroxylation sites is 1. The zero-order valence-corrected chi connectivity index (χ0v) is 14.1. The van der Waals surface area contributed by atoms with E-state index in [0.717, 1.165) is 25.0 Å². The van der Waals surface area contributed by atoms with E-state index in [2.05, 4.69) is 6.07 Å². The zero-order valence-electron chi connectivity index (χ0n) is 14.1. The number of hydrogen-bond donors (Lipinski definition) is 1. The van der Waals surface area contributed by atoms with Gasteiger partial charge in [-0.3, -0.25) is 4.79 Å². The summed E-state index contributed by atoms with van der Waals surface area (Å²) in [4.78, 5) is 25.0. The van der Waals surface area contributed by atoms with Crippen LogP contribution in [0.25, 0.3) is 0 Å². The summed E-state index contributed by atoms with van der Waals surface area (Å²) in [7, 11) is 1.68. The van der Waals surface area contributed by atoms with Crippen LogP contribution in [0.5, 0.6) is 5.75 Å². The summed E-state index contributed by atoms with van der Waals surface area (Å²) in [6.45, 7) is 1.28. The van der Waals surface area contributed by atoms with E-state index in [-0.39, 0.29) is 17.4 Å². The number of amides is 1. The number of furan rings is 1. The van der Waals surface area contributed by atoms with Crippen LogP contribution in [0.4, 0.5) is 0 Å². The van der Waals surface area contributed by atoms with Crippen molar-refractivity contribution in [2.75, 3.05) is 20.2 Å². The first-order valence-corrected chi connectivity index (χ1v) is 8.32. The van der Waals surface area contributed by atoms with Crippen molar-refractivity contribution in [1.29, 1.82) is 0 Å². The van der Waals surface area contributed by atoms with Crippen LogP contribution in [-0.2, 0) is 6.42 Å². The molecule has 0 unspecified atom stereocenters. The first-order valence-electron chi connectivity index (χ1n) is 8.32. The number of benzene rings is 1. The van der Waals surface area contributed by atoms with E-state index in [1.165, 1.54) is 17.7 Å². The molecule has 1 aliphatic rings. The molecule has 1 aromatic heterocycles. The Morgan fingerprint density at radius 3 is 2.48 bits per heavy atom. The first kappa shape index (κ1) is 17.1. The minimum Gasteiger partial charge on any atom is -0.496 e. The summed E-state index contributed by atoms with van der Waals surface area (Å²) in [5.74, 6) is -0.155. The SMILES string of the molecule is COc1ccccc1CC1CCN(C(=O)c2ccc(C(=O)O)o2)CC1. The van der Waals surface area contributed by atoms with Crippen LogP contribution in [0.2, 0.25) is 0 Å². The van der Waals surface area contributed by atoms with E-state index in [0.29, 0.717) is 19.0 Å². The molecule has 3 rings (SSSR count). The van der Waals surface area contributed by atoms with Gasteiger partial charge in [0.05, 0.1) is 7.11 Å². The molecule has 132 valence electrons. The van der Waals surface area contributed by atoms with E-state index in [1.807, 2.05) is 18.2 Å². The smallest absolute Gasteiger partial charge is 0.371 e. The molecule has 1 amide bonds. The molecule has 1 aliphatic heterocycles. The van der Waals surface area contributed by atoms with Gasteiger partial charge in [0.2, 0.25) is 5.76 Å². The predicted molar refractivity (Wildman–Crippen MR) is 91.0 cm³/mol. The Kier molecular flexibility index (Phi) is 5.07. The summed E-state index contributed by atoms with van der Waals surface area (Å²) in [5.41, 5.74) is 1.19. The molecule has 25 heavy (non-hydrogen) atoms. The molecule has 1 saturated heterocycles. The maximum absolute atomic E-state index is 12.4. The molecular formula is C19H21NO5. The third kappa shape index (κ3) is 3.84. The molecule has 1 aromatic carbocycles. The number of nitrogens with zero attached hydrogens (tertiary/aromatic N) is 1. The fourth-order valence-electron chi connectivity index (χ4n) is 3.25. The highest BCUT2D eigenvalue weighted by atomic mass is 16.5. The van der Waals surface area contributed by atoms with E-state index >= 15 is 0 Å². The Morgan fingerprint density at radius 1 is 1.16 bits per heavy atom. The fraction of sp³-hybridized carbons (Fsp3) is 0.368. The van der Waals surface area contributed by atoms with Gasteiger partial charge in [-0.15, -0.1) is 0 Å². The molecule has 1 fully saturated rings. The van der Waals surface area contributed by atoms with Crippen molar-refractivity contribution in [2.24, 2.45) is 5.92 Å². The van der Waals surface area contributed by atoms with Gasteiger partial charge in [0.15, 0.2) is 5.76 Å². The number of aromatic carboxylic acids is 1. The molecular weight excluding hydrogens is 322 g/mol. The second-order valence-corrected chi connectivity index (χ2v) is 6.22. The van der Waals surface area contributed by atoms with Crippen LogP contribution in [0.3, 0.4) is 0 Å². The lowest BCUT2D eigenvalue weighted by molar-refractivity contribution is 0.0629. The number of hydrogen-bond acceptors (Lipinski definition) is 4. The number of piperidine rings is 1. The highest BCUT2D eigenvalue weighted by Crippen LogP contribution is 2.27. The number of rotatable bonds is 5. The summed E-state index contributed by atoms with van der Waals surface area (Å²) < 4.78 is 10.5. The minimum absolute atomic E-state index is 0.0839. The van der Waals surface area contributed by atoms with E-state index in [4.69, 9.17) is 14.3 Å². The molecule has 6 heteroatoms. The van der Waals surface area contributed by atoms with Crippen LogP contribution in [0, 0.1) is 5.92 Å². The van der Waals surface area contributed by atoms with E-state index in [9.17, 15) is 9.59 Å². The Morgan fingerprint density at radius 2 is 1.84 bits per heavy atom. The van der Waals surface area contributed by atoms with Crippen LogP contribution in [0.15, 0.2) is 40.8 Å². The Hall–Kier alpha value is -2.76. The Balaban J connectivity index is 1.57. The summed E-state index contributed by atoms with van der Waals surface area (Å²) in [6, 6.07) is 10.7. The second-order valence-electron chi connectivity index (χ2n) is 6.22. The number of carboxylic acid groups (broad SMARTS) is 1. The van der Waals surface area contributed by atoms with Gasteiger partial charge in [0, 0.05) is 13.1 Å².